The highest BCUT2D eigenvalue weighted by molar-refractivity contribution is 7.09. The predicted octanol–water partition coefficient (Wildman–Crippen LogP) is 2.26. The number of hydrogen-bond acceptors (Lipinski definition) is 5. The van der Waals surface area contributed by atoms with Crippen LogP contribution in [0.15, 0.2) is 5.38 Å². The summed E-state index contributed by atoms with van der Waals surface area (Å²) in [5.41, 5.74) is 0.890. The number of thiazole rings is 1. The lowest BCUT2D eigenvalue weighted by atomic mass is 10.2. The molecule has 0 saturated heterocycles. The minimum atomic E-state index is -0.172. The minimum absolute atomic E-state index is 0.124. The van der Waals surface area contributed by atoms with E-state index in [1.165, 1.54) is 6.42 Å². The maximum absolute atomic E-state index is 12.4. The minimum Gasteiger partial charge on any atom is -0.341 e. The fraction of sp³-hybridized carbons (Fsp3) is 0.571. The number of fused-ring (bicyclic) bond motifs is 1. The van der Waals surface area contributed by atoms with Crippen molar-refractivity contribution in [3.63, 3.8) is 0 Å². The molecule has 0 aliphatic carbocycles. The molecule has 1 aliphatic rings. The normalized spacial score (nSPS) is 16.1. The SMILES string of the molecule is Cc1nc(C(C)NC(=O)c2nnc3n2CCCCC3)cs1. The number of nitrogens with zero attached hydrogens (tertiary/aromatic N) is 4. The van der Waals surface area contributed by atoms with Gasteiger partial charge in [0.15, 0.2) is 0 Å². The van der Waals surface area contributed by atoms with E-state index in [1.807, 2.05) is 23.8 Å². The molecule has 2 aromatic rings. The molecule has 2 aromatic heterocycles. The van der Waals surface area contributed by atoms with Gasteiger partial charge in [-0.1, -0.05) is 6.42 Å². The first-order chi connectivity index (χ1) is 10.1. The maximum atomic E-state index is 12.4. The van der Waals surface area contributed by atoms with E-state index in [0.717, 1.165) is 42.3 Å². The first kappa shape index (κ1) is 14.2. The number of aromatic nitrogens is 4. The van der Waals surface area contributed by atoms with Crippen molar-refractivity contribution in [2.75, 3.05) is 0 Å². The Morgan fingerprint density at radius 3 is 3.00 bits per heavy atom. The largest absolute Gasteiger partial charge is 0.341 e. The van der Waals surface area contributed by atoms with Crippen molar-refractivity contribution in [1.29, 1.82) is 0 Å². The van der Waals surface area contributed by atoms with Crippen LogP contribution in [0.5, 0.6) is 0 Å². The number of amides is 1. The van der Waals surface area contributed by atoms with Crippen LogP contribution >= 0.6 is 11.3 Å². The fourth-order valence-corrected chi connectivity index (χ4v) is 3.27. The highest BCUT2D eigenvalue weighted by atomic mass is 32.1. The van der Waals surface area contributed by atoms with Crippen molar-refractivity contribution in [3.05, 3.63) is 27.7 Å². The molecule has 1 amide bonds. The van der Waals surface area contributed by atoms with Crippen molar-refractivity contribution < 1.29 is 4.79 Å². The van der Waals surface area contributed by atoms with Crippen LogP contribution in [0.25, 0.3) is 0 Å². The Morgan fingerprint density at radius 2 is 2.24 bits per heavy atom. The van der Waals surface area contributed by atoms with Crippen molar-refractivity contribution >= 4 is 17.2 Å². The van der Waals surface area contributed by atoms with Gasteiger partial charge in [-0.2, -0.15) is 0 Å². The lowest BCUT2D eigenvalue weighted by Crippen LogP contribution is -2.29. The van der Waals surface area contributed by atoms with Crippen LogP contribution in [-0.2, 0) is 13.0 Å². The zero-order chi connectivity index (χ0) is 14.8. The van der Waals surface area contributed by atoms with E-state index in [-0.39, 0.29) is 11.9 Å². The molecule has 7 heteroatoms. The van der Waals surface area contributed by atoms with Crippen LogP contribution in [0.1, 0.15) is 59.4 Å². The summed E-state index contributed by atoms with van der Waals surface area (Å²) >= 11 is 1.59. The Labute approximate surface area is 127 Å². The average Bonchev–Trinajstić information content (AvgIpc) is 2.99. The third kappa shape index (κ3) is 2.97. The van der Waals surface area contributed by atoms with Crippen LogP contribution in [0.4, 0.5) is 0 Å². The molecule has 6 nitrogen and oxygen atoms in total. The maximum Gasteiger partial charge on any atom is 0.289 e. The van der Waals surface area contributed by atoms with E-state index in [4.69, 9.17) is 0 Å². The van der Waals surface area contributed by atoms with Gasteiger partial charge in [-0.3, -0.25) is 4.79 Å². The Balaban J connectivity index is 1.75. The standard InChI is InChI=1S/C14H19N5OS/c1-9(11-8-21-10(2)16-11)15-14(20)13-18-17-12-6-4-3-5-7-19(12)13/h8-9H,3-7H2,1-2H3,(H,15,20). The molecule has 3 rings (SSSR count). The summed E-state index contributed by atoms with van der Waals surface area (Å²) in [6.07, 6.45) is 4.28. The zero-order valence-electron chi connectivity index (χ0n) is 12.3. The molecule has 1 N–H and O–H groups in total. The van der Waals surface area contributed by atoms with E-state index < -0.39 is 0 Å². The van der Waals surface area contributed by atoms with Crippen LogP contribution < -0.4 is 5.32 Å². The third-order valence-electron chi connectivity index (χ3n) is 3.74. The van der Waals surface area contributed by atoms with Gasteiger partial charge in [-0.15, -0.1) is 21.5 Å². The molecule has 1 atom stereocenters. The van der Waals surface area contributed by atoms with Gasteiger partial charge in [0.1, 0.15) is 5.82 Å². The molecule has 0 aromatic carbocycles. The van der Waals surface area contributed by atoms with Gasteiger partial charge in [0.25, 0.3) is 5.91 Å². The smallest absolute Gasteiger partial charge is 0.289 e. The lowest BCUT2D eigenvalue weighted by Gasteiger charge is -2.12. The highest BCUT2D eigenvalue weighted by Crippen LogP contribution is 2.17. The van der Waals surface area contributed by atoms with Gasteiger partial charge in [0.05, 0.1) is 16.7 Å². The number of rotatable bonds is 3. The lowest BCUT2D eigenvalue weighted by molar-refractivity contribution is 0.0923. The second-order valence-corrected chi connectivity index (χ2v) is 6.45. The van der Waals surface area contributed by atoms with Crippen LogP contribution in [0.2, 0.25) is 0 Å². The number of nitrogens with one attached hydrogen (secondary N) is 1. The zero-order valence-corrected chi connectivity index (χ0v) is 13.1. The van der Waals surface area contributed by atoms with E-state index >= 15 is 0 Å². The molecular formula is C14H19N5OS. The Bertz CT molecular complexity index is 648. The van der Waals surface area contributed by atoms with Gasteiger partial charge in [0.2, 0.25) is 5.82 Å². The Hall–Kier alpha value is -1.76. The van der Waals surface area contributed by atoms with E-state index in [0.29, 0.717) is 5.82 Å². The summed E-state index contributed by atoms with van der Waals surface area (Å²) in [6, 6.07) is -0.124. The van der Waals surface area contributed by atoms with E-state index in [1.54, 1.807) is 11.3 Å². The van der Waals surface area contributed by atoms with Gasteiger partial charge in [0, 0.05) is 18.3 Å². The van der Waals surface area contributed by atoms with Crippen molar-refractivity contribution in [2.24, 2.45) is 0 Å². The second-order valence-electron chi connectivity index (χ2n) is 5.39. The molecule has 0 bridgehead atoms. The van der Waals surface area contributed by atoms with Crippen LogP contribution in [0.3, 0.4) is 0 Å². The fourth-order valence-electron chi connectivity index (χ4n) is 2.57. The molecule has 1 unspecified atom stereocenters. The van der Waals surface area contributed by atoms with E-state index in [9.17, 15) is 4.79 Å². The molecule has 0 spiro atoms. The van der Waals surface area contributed by atoms with Gasteiger partial charge in [-0.25, -0.2) is 4.98 Å². The summed E-state index contributed by atoms with van der Waals surface area (Å²) in [4.78, 5) is 16.8. The first-order valence-electron chi connectivity index (χ1n) is 7.30. The molecule has 112 valence electrons. The predicted molar refractivity (Wildman–Crippen MR) is 80.3 cm³/mol. The molecule has 0 fully saturated rings. The molecular weight excluding hydrogens is 286 g/mol. The van der Waals surface area contributed by atoms with Gasteiger partial charge >= 0.3 is 0 Å². The van der Waals surface area contributed by atoms with Crippen molar-refractivity contribution in [1.82, 2.24) is 25.1 Å². The topological polar surface area (TPSA) is 72.7 Å². The van der Waals surface area contributed by atoms with Crippen LogP contribution in [0, 0.1) is 6.92 Å². The molecule has 3 heterocycles. The van der Waals surface area contributed by atoms with Gasteiger partial charge < -0.3 is 9.88 Å². The van der Waals surface area contributed by atoms with Crippen molar-refractivity contribution in [2.45, 2.75) is 52.1 Å². The molecule has 1 aliphatic heterocycles. The quantitative estimate of drug-likeness (QED) is 0.944. The number of carbonyl (C=O) groups is 1. The summed E-state index contributed by atoms with van der Waals surface area (Å²) in [5, 5.41) is 14.2. The second kappa shape index (κ2) is 5.93. The summed E-state index contributed by atoms with van der Waals surface area (Å²) in [7, 11) is 0. The van der Waals surface area contributed by atoms with Crippen molar-refractivity contribution in [3.8, 4) is 0 Å². The summed E-state index contributed by atoms with van der Waals surface area (Å²) in [5.74, 6) is 1.18. The molecule has 0 radical (unpaired) electrons. The average molecular weight is 305 g/mol. The monoisotopic (exact) mass is 305 g/mol. The third-order valence-corrected chi connectivity index (χ3v) is 4.53. The molecule has 0 saturated carbocycles. The summed E-state index contributed by atoms with van der Waals surface area (Å²) < 4.78 is 1.96. The van der Waals surface area contributed by atoms with Crippen LogP contribution in [-0.4, -0.2) is 25.7 Å². The van der Waals surface area contributed by atoms with Gasteiger partial charge in [-0.05, 0) is 26.7 Å². The Morgan fingerprint density at radius 1 is 1.38 bits per heavy atom. The van der Waals surface area contributed by atoms with E-state index in [2.05, 4.69) is 20.5 Å². The first-order valence-corrected chi connectivity index (χ1v) is 8.18. The number of carbonyl (C=O) groups excluding carboxylic acids is 1. The number of hydrogen-bond donors (Lipinski definition) is 1. The number of aryl methyl sites for hydroxylation is 2. The summed E-state index contributed by atoms with van der Waals surface area (Å²) in [6.45, 7) is 4.72. The molecule has 21 heavy (non-hydrogen) atoms. The highest BCUT2D eigenvalue weighted by Gasteiger charge is 2.22. The Kier molecular flexibility index (Phi) is 4.01.